The van der Waals surface area contributed by atoms with Gasteiger partial charge in [0.25, 0.3) is 5.91 Å². The fraction of sp³-hybridized carbons (Fsp3) is 0.235. The van der Waals surface area contributed by atoms with Gasteiger partial charge in [-0.05, 0) is 61.7 Å². The fourth-order valence-corrected chi connectivity index (χ4v) is 2.05. The van der Waals surface area contributed by atoms with Crippen LogP contribution in [0.3, 0.4) is 0 Å². The Hall–Kier alpha value is -2.00. The monoisotopic (exact) mass is 303 g/mol. The molecule has 0 aromatic heterocycles. The number of anilines is 1. The lowest BCUT2D eigenvalue weighted by Gasteiger charge is -2.11. The third-order valence-corrected chi connectivity index (χ3v) is 3.80. The normalized spacial score (nSPS) is 10.3. The van der Waals surface area contributed by atoms with Gasteiger partial charge in [-0.25, -0.2) is 0 Å². The van der Waals surface area contributed by atoms with E-state index in [1.165, 1.54) is 0 Å². The number of amides is 1. The zero-order chi connectivity index (χ0) is 15.4. The highest BCUT2D eigenvalue weighted by molar-refractivity contribution is 6.31. The molecule has 0 atom stereocenters. The molecule has 2 rings (SSSR count). The van der Waals surface area contributed by atoms with E-state index in [9.17, 15) is 4.79 Å². The van der Waals surface area contributed by atoms with Crippen molar-refractivity contribution in [1.82, 2.24) is 0 Å². The molecule has 0 spiro atoms. The van der Waals surface area contributed by atoms with Crippen molar-refractivity contribution in [1.29, 1.82) is 0 Å². The van der Waals surface area contributed by atoms with Gasteiger partial charge in [0.05, 0.1) is 0 Å². The lowest BCUT2D eigenvalue weighted by Crippen LogP contribution is -2.20. The van der Waals surface area contributed by atoms with Gasteiger partial charge in [-0.1, -0.05) is 23.7 Å². The number of benzene rings is 2. The van der Waals surface area contributed by atoms with Crippen molar-refractivity contribution in [3.05, 3.63) is 58.1 Å². The minimum atomic E-state index is -0.184. The Balaban J connectivity index is 1.96. The number of halogens is 1. The molecule has 0 aliphatic heterocycles. The predicted molar refractivity (Wildman–Crippen MR) is 86.2 cm³/mol. The van der Waals surface area contributed by atoms with Crippen LogP contribution in [0.1, 0.15) is 16.7 Å². The third kappa shape index (κ3) is 3.99. The smallest absolute Gasteiger partial charge is 0.262 e. The second kappa shape index (κ2) is 6.64. The summed E-state index contributed by atoms with van der Waals surface area (Å²) < 4.78 is 5.48. The maximum atomic E-state index is 11.9. The zero-order valence-electron chi connectivity index (χ0n) is 12.4. The minimum Gasteiger partial charge on any atom is -0.484 e. The number of ether oxygens (including phenoxy) is 1. The molecular formula is C17H18ClNO2. The number of nitrogens with one attached hydrogen (secondary N) is 1. The van der Waals surface area contributed by atoms with Crippen molar-refractivity contribution < 1.29 is 9.53 Å². The van der Waals surface area contributed by atoms with Crippen LogP contribution < -0.4 is 10.1 Å². The number of aryl methyl sites for hydroxylation is 2. The standard InChI is InChI=1S/C17H18ClNO2/c1-11-5-4-6-16(13(11)3)19-17(20)10-21-14-7-8-15(18)12(2)9-14/h4-9H,10H2,1-3H3,(H,19,20). The van der Waals surface area contributed by atoms with Gasteiger partial charge in [0.1, 0.15) is 5.75 Å². The van der Waals surface area contributed by atoms with Gasteiger partial charge in [-0.15, -0.1) is 0 Å². The Labute approximate surface area is 129 Å². The highest BCUT2D eigenvalue weighted by Gasteiger charge is 2.07. The molecule has 21 heavy (non-hydrogen) atoms. The van der Waals surface area contributed by atoms with Crippen LogP contribution in [0, 0.1) is 20.8 Å². The van der Waals surface area contributed by atoms with Crippen molar-refractivity contribution in [2.24, 2.45) is 0 Å². The topological polar surface area (TPSA) is 38.3 Å². The summed E-state index contributed by atoms with van der Waals surface area (Å²) >= 11 is 5.95. The van der Waals surface area contributed by atoms with Crippen LogP contribution in [0.25, 0.3) is 0 Å². The number of hydrogen-bond acceptors (Lipinski definition) is 2. The van der Waals surface area contributed by atoms with Gasteiger partial charge in [-0.2, -0.15) is 0 Å². The first-order chi connectivity index (χ1) is 9.97. The van der Waals surface area contributed by atoms with Crippen molar-refractivity contribution in [2.75, 3.05) is 11.9 Å². The first-order valence-corrected chi connectivity index (χ1v) is 7.10. The lowest BCUT2D eigenvalue weighted by molar-refractivity contribution is -0.118. The van der Waals surface area contributed by atoms with Crippen molar-refractivity contribution in [3.8, 4) is 5.75 Å². The first-order valence-electron chi connectivity index (χ1n) is 6.72. The molecule has 1 amide bonds. The molecule has 0 unspecified atom stereocenters. The van der Waals surface area contributed by atoms with Gasteiger partial charge >= 0.3 is 0 Å². The summed E-state index contributed by atoms with van der Waals surface area (Å²) in [6, 6.07) is 11.1. The minimum absolute atomic E-state index is 0.0333. The molecule has 2 aromatic carbocycles. The number of carbonyl (C=O) groups is 1. The van der Waals surface area contributed by atoms with E-state index in [4.69, 9.17) is 16.3 Å². The molecule has 0 aliphatic rings. The predicted octanol–water partition coefficient (Wildman–Crippen LogP) is 4.28. The van der Waals surface area contributed by atoms with Gasteiger partial charge < -0.3 is 10.1 Å². The van der Waals surface area contributed by atoms with Crippen LogP contribution in [0.15, 0.2) is 36.4 Å². The van der Waals surface area contributed by atoms with E-state index < -0.39 is 0 Å². The maximum absolute atomic E-state index is 11.9. The average Bonchev–Trinajstić information content (AvgIpc) is 2.45. The Morgan fingerprint density at radius 3 is 2.62 bits per heavy atom. The van der Waals surface area contributed by atoms with Gasteiger partial charge in [0.2, 0.25) is 0 Å². The summed E-state index contributed by atoms with van der Waals surface area (Å²) in [6.07, 6.45) is 0. The number of carbonyl (C=O) groups excluding carboxylic acids is 1. The molecule has 0 bridgehead atoms. The molecule has 0 heterocycles. The molecule has 0 aliphatic carbocycles. The number of hydrogen-bond donors (Lipinski definition) is 1. The summed E-state index contributed by atoms with van der Waals surface area (Å²) in [5.74, 6) is 0.448. The van der Waals surface area contributed by atoms with Crippen LogP contribution in [-0.2, 0) is 4.79 Å². The summed E-state index contributed by atoms with van der Waals surface area (Å²) in [5.41, 5.74) is 3.94. The van der Waals surface area contributed by atoms with Crippen molar-refractivity contribution in [3.63, 3.8) is 0 Å². The van der Waals surface area contributed by atoms with Crippen molar-refractivity contribution in [2.45, 2.75) is 20.8 Å². The molecule has 1 N–H and O–H groups in total. The Bertz CT molecular complexity index is 668. The molecule has 0 fully saturated rings. The molecule has 0 radical (unpaired) electrons. The van der Waals surface area contributed by atoms with E-state index in [2.05, 4.69) is 5.32 Å². The molecule has 0 saturated carbocycles. The van der Waals surface area contributed by atoms with Gasteiger partial charge in [-0.3, -0.25) is 4.79 Å². The molecule has 2 aromatic rings. The maximum Gasteiger partial charge on any atom is 0.262 e. The second-order valence-corrected chi connectivity index (χ2v) is 5.40. The average molecular weight is 304 g/mol. The van der Waals surface area contributed by atoms with Gasteiger partial charge in [0, 0.05) is 10.7 Å². The van der Waals surface area contributed by atoms with E-state index in [1.807, 2.05) is 45.0 Å². The molecular weight excluding hydrogens is 286 g/mol. The van der Waals surface area contributed by atoms with Crippen LogP contribution in [0.2, 0.25) is 5.02 Å². The van der Waals surface area contributed by atoms with E-state index in [0.29, 0.717) is 10.8 Å². The fourth-order valence-electron chi connectivity index (χ4n) is 1.93. The summed E-state index contributed by atoms with van der Waals surface area (Å²) in [5, 5.41) is 3.54. The van der Waals surface area contributed by atoms with E-state index >= 15 is 0 Å². The van der Waals surface area contributed by atoms with E-state index in [1.54, 1.807) is 12.1 Å². The Kier molecular flexibility index (Phi) is 4.86. The number of rotatable bonds is 4. The summed E-state index contributed by atoms with van der Waals surface area (Å²) in [4.78, 5) is 11.9. The third-order valence-electron chi connectivity index (χ3n) is 3.38. The van der Waals surface area contributed by atoms with Crippen LogP contribution in [0.4, 0.5) is 5.69 Å². The quantitative estimate of drug-likeness (QED) is 0.915. The van der Waals surface area contributed by atoms with E-state index in [0.717, 1.165) is 22.4 Å². The first kappa shape index (κ1) is 15.4. The molecule has 110 valence electrons. The second-order valence-electron chi connectivity index (χ2n) is 5.00. The SMILES string of the molecule is Cc1cc(OCC(=O)Nc2cccc(C)c2C)ccc1Cl. The Morgan fingerprint density at radius 1 is 1.14 bits per heavy atom. The Morgan fingerprint density at radius 2 is 1.90 bits per heavy atom. The molecule has 3 nitrogen and oxygen atoms in total. The van der Waals surface area contributed by atoms with Crippen LogP contribution in [0.5, 0.6) is 5.75 Å². The summed E-state index contributed by atoms with van der Waals surface area (Å²) in [7, 11) is 0. The van der Waals surface area contributed by atoms with Crippen LogP contribution >= 0.6 is 11.6 Å². The van der Waals surface area contributed by atoms with E-state index in [-0.39, 0.29) is 12.5 Å². The zero-order valence-corrected chi connectivity index (χ0v) is 13.1. The highest BCUT2D eigenvalue weighted by Crippen LogP contribution is 2.21. The highest BCUT2D eigenvalue weighted by atomic mass is 35.5. The molecule has 0 saturated heterocycles. The lowest BCUT2D eigenvalue weighted by atomic mass is 10.1. The largest absolute Gasteiger partial charge is 0.484 e. The van der Waals surface area contributed by atoms with Gasteiger partial charge in [0.15, 0.2) is 6.61 Å². The van der Waals surface area contributed by atoms with Crippen molar-refractivity contribution >= 4 is 23.2 Å². The molecule has 4 heteroatoms. The summed E-state index contributed by atoms with van der Waals surface area (Å²) in [6.45, 7) is 5.85. The van der Waals surface area contributed by atoms with Crippen LogP contribution in [-0.4, -0.2) is 12.5 Å².